The second kappa shape index (κ2) is 5.27. The van der Waals surface area contributed by atoms with Gasteiger partial charge in [0.25, 0.3) is 0 Å². The third kappa shape index (κ3) is 2.37. The van der Waals surface area contributed by atoms with Crippen molar-refractivity contribution in [3.63, 3.8) is 0 Å². The van der Waals surface area contributed by atoms with Crippen LogP contribution in [0.4, 0.5) is 5.82 Å². The minimum atomic E-state index is 0.944. The minimum Gasteiger partial charge on any atom is -0.370 e. The zero-order valence-electron chi connectivity index (χ0n) is 10.3. The van der Waals surface area contributed by atoms with E-state index >= 15 is 0 Å². The van der Waals surface area contributed by atoms with Crippen LogP contribution in [0.15, 0.2) is 34.9 Å². The van der Waals surface area contributed by atoms with Crippen molar-refractivity contribution < 1.29 is 0 Å². The molecule has 0 bridgehead atoms. The quantitative estimate of drug-likeness (QED) is 0.893. The van der Waals surface area contributed by atoms with Gasteiger partial charge in [-0.05, 0) is 24.5 Å². The zero-order chi connectivity index (χ0) is 12.4. The van der Waals surface area contributed by atoms with Crippen LogP contribution in [-0.4, -0.2) is 11.5 Å². The van der Waals surface area contributed by atoms with Gasteiger partial charge in [-0.15, -0.1) is 0 Å². The highest BCUT2D eigenvalue weighted by atomic mass is 79.9. The Bertz CT molecular complexity index is 549. The van der Waals surface area contributed by atoms with Gasteiger partial charge in [0.1, 0.15) is 5.82 Å². The lowest BCUT2D eigenvalue weighted by Gasteiger charge is -2.25. The largest absolute Gasteiger partial charge is 0.370 e. The van der Waals surface area contributed by atoms with E-state index in [-0.39, 0.29) is 0 Å². The molecule has 1 aliphatic rings. The molecule has 94 valence electrons. The first-order valence-electron chi connectivity index (χ1n) is 6.62. The Kier molecular flexibility index (Phi) is 3.50. The highest BCUT2D eigenvalue weighted by molar-refractivity contribution is 9.10. The van der Waals surface area contributed by atoms with Crippen LogP contribution in [0.5, 0.6) is 0 Å². The van der Waals surface area contributed by atoms with Crippen LogP contribution in [-0.2, 0) is 0 Å². The number of nitrogens with zero attached hydrogens (tertiary/aromatic N) is 1. The van der Waals surface area contributed by atoms with Crippen molar-refractivity contribution in [3.05, 3.63) is 34.9 Å². The van der Waals surface area contributed by atoms with Crippen LogP contribution in [0, 0.1) is 5.92 Å². The number of aromatic nitrogens is 1. The summed E-state index contributed by atoms with van der Waals surface area (Å²) in [6, 6.07) is 8.31. The fourth-order valence-electron chi connectivity index (χ4n) is 2.49. The van der Waals surface area contributed by atoms with E-state index in [9.17, 15) is 0 Å². The predicted molar refractivity (Wildman–Crippen MR) is 79.9 cm³/mol. The Balaban J connectivity index is 1.76. The Morgan fingerprint density at radius 2 is 2.11 bits per heavy atom. The van der Waals surface area contributed by atoms with Crippen molar-refractivity contribution in [3.8, 4) is 0 Å². The first kappa shape index (κ1) is 12.0. The number of halogens is 1. The van der Waals surface area contributed by atoms with E-state index in [2.05, 4.69) is 50.5 Å². The standard InChI is InChI=1S/C15H17BrN2/c16-14-6-2-5-13-12(14)8-10-18-15(13)17-9-7-11-3-1-4-11/h2,5-6,8,10-11H,1,3-4,7,9H2,(H,17,18). The topological polar surface area (TPSA) is 24.9 Å². The van der Waals surface area contributed by atoms with Crippen LogP contribution in [0.1, 0.15) is 25.7 Å². The molecule has 0 saturated heterocycles. The molecule has 0 radical (unpaired) electrons. The van der Waals surface area contributed by atoms with Crippen molar-refractivity contribution in [2.75, 3.05) is 11.9 Å². The fourth-order valence-corrected chi connectivity index (χ4v) is 2.98. The van der Waals surface area contributed by atoms with Crippen LogP contribution in [0.3, 0.4) is 0 Å². The van der Waals surface area contributed by atoms with E-state index in [1.807, 2.05) is 6.20 Å². The second-order valence-corrected chi connectivity index (χ2v) is 5.86. The molecule has 0 unspecified atom stereocenters. The number of anilines is 1. The van der Waals surface area contributed by atoms with Crippen molar-refractivity contribution in [1.82, 2.24) is 4.98 Å². The molecule has 1 aromatic carbocycles. The summed E-state index contributed by atoms with van der Waals surface area (Å²) in [4.78, 5) is 4.46. The molecule has 1 aliphatic carbocycles. The van der Waals surface area contributed by atoms with E-state index in [1.54, 1.807) is 0 Å². The Morgan fingerprint density at radius 3 is 2.89 bits per heavy atom. The number of hydrogen-bond acceptors (Lipinski definition) is 2. The zero-order valence-corrected chi connectivity index (χ0v) is 11.9. The van der Waals surface area contributed by atoms with Crippen LogP contribution < -0.4 is 5.32 Å². The molecule has 18 heavy (non-hydrogen) atoms. The van der Waals surface area contributed by atoms with E-state index in [1.165, 1.54) is 36.5 Å². The number of benzene rings is 1. The monoisotopic (exact) mass is 304 g/mol. The Hall–Kier alpha value is -1.09. The summed E-state index contributed by atoms with van der Waals surface area (Å²) < 4.78 is 1.13. The SMILES string of the molecule is Brc1cccc2c(NCCC3CCC3)nccc12. The molecular formula is C15H17BrN2. The summed E-state index contributed by atoms with van der Waals surface area (Å²) in [6.07, 6.45) is 7.39. The highest BCUT2D eigenvalue weighted by Gasteiger charge is 2.16. The molecule has 2 nitrogen and oxygen atoms in total. The molecule has 3 heteroatoms. The first-order valence-corrected chi connectivity index (χ1v) is 7.41. The summed E-state index contributed by atoms with van der Waals surface area (Å²) >= 11 is 3.59. The van der Waals surface area contributed by atoms with Crippen LogP contribution in [0.2, 0.25) is 0 Å². The van der Waals surface area contributed by atoms with Gasteiger partial charge in [-0.1, -0.05) is 47.3 Å². The van der Waals surface area contributed by atoms with E-state index in [4.69, 9.17) is 0 Å². The van der Waals surface area contributed by atoms with E-state index < -0.39 is 0 Å². The number of pyridine rings is 1. The molecule has 1 heterocycles. The van der Waals surface area contributed by atoms with Crippen molar-refractivity contribution in [2.24, 2.45) is 5.92 Å². The number of fused-ring (bicyclic) bond motifs is 1. The van der Waals surface area contributed by atoms with Gasteiger partial charge in [-0.25, -0.2) is 4.98 Å². The maximum Gasteiger partial charge on any atom is 0.133 e. The van der Waals surface area contributed by atoms with Gasteiger partial charge >= 0.3 is 0 Å². The maximum atomic E-state index is 4.46. The molecule has 1 fully saturated rings. The maximum absolute atomic E-state index is 4.46. The van der Waals surface area contributed by atoms with Gasteiger partial charge in [-0.2, -0.15) is 0 Å². The fraction of sp³-hybridized carbons (Fsp3) is 0.400. The lowest BCUT2D eigenvalue weighted by Crippen LogP contribution is -2.16. The van der Waals surface area contributed by atoms with Gasteiger partial charge in [0.2, 0.25) is 0 Å². The first-order chi connectivity index (χ1) is 8.84. The molecule has 1 saturated carbocycles. The normalized spacial score (nSPS) is 15.6. The van der Waals surface area contributed by atoms with Gasteiger partial charge in [0.05, 0.1) is 0 Å². The van der Waals surface area contributed by atoms with Gasteiger partial charge in [0, 0.05) is 28.0 Å². The molecule has 0 atom stereocenters. The molecule has 1 N–H and O–H groups in total. The molecule has 1 aromatic heterocycles. The average Bonchev–Trinajstić information content (AvgIpc) is 2.33. The van der Waals surface area contributed by atoms with E-state index in [0.717, 1.165) is 22.8 Å². The van der Waals surface area contributed by atoms with Crippen LogP contribution >= 0.6 is 15.9 Å². The number of nitrogens with one attached hydrogen (secondary N) is 1. The molecule has 2 aromatic rings. The van der Waals surface area contributed by atoms with Gasteiger partial charge in [0.15, 0.2) is 0 Å². The predicted octanol–water partition coefficient (Wildman–Crippen LogP) is 4.60. The summed E-state index contributed by atoms with van der Waals surface area (Å²) in [5.74, 6) is 1.95. The summed E-state index contributed by atoms with van der Waals surface area (Å²) in [5.41, 5.74) is 0. The van der Waals surface area contributed by atoms with Crippen molar-refractivity contribution in [1.29, 1.82) is 0 Å². The molecule has 0 amide bonds. The lowest BCUT2D eigenvalue weighted by atomic mass is 9.83. The molecule has 0 aliphatic heterocycles. The number of rotatable bonds is 4. The molecule has 0 spiro atoms. The average molecular weight is 305 g/mol. The number of hydrogen-bond donors (Lipinski definition) is 1. The molecular weight excluding hydrogens is 288 g/mol. The third-order valence-electron chi connectivity index (χ3n) is 3.82. The Labute approximate surface area is 116 Å². The van der Waals surface area contributed by atoms with E-state index in [0.29, 0.717) is 0 Å². The Morgan fingerprint density at radius 1 is 1.22 bits per heavy atom. The van der Waals surface area contributed by atoms with Gasteiger partial charge in [-0.3, -0.25) is 0 Å². The lowest BCUT2D eigenvalue weighted by molar-refractivity contribution is 0.303. The second-order valence-electron chi connectivity index (χ2n) is 5.01. The van der Waals surface area contributed by atoms with Crippen molar-refractivity contribution >= 4 is 32.5 Å². The van der Waals surface area contributed by atoms with Crippen molar-refractivity contribution in [2.45, 2.75) is 25.7 Å². The third-order valence-corrected chi connectivity index (χ3v) is 4.51. The van der Waals surface area contributed by atoms with Crippen LogP contribution in [0.25, 0.3) is 10.8 Å². The summed E-state index contributed by atoms with van der Waals surface area (Å²) in [7, 11) is 0. The highest BCUT2D eigenvalue weighted by Crippen LogP contribution is 2.30. The summed E-state index contributed by atoms with van der Waals surface area (Å²) in [5, 5.41) is 5.90. The minimum absolute atomic E-state index is 0.944. The summed E-state index contributed by atoms with van der Waals surface area (Å²) in [6.45, 7) is 1.03. The smallest absolute Gasteiger partial charge is 0.133 e. The van der Waals surface area contributed by atoms with Gasteiger partial charge < -0.3 is 5.32 Å². The molecule has 3 rings (SSSR count).